The highest BCUT2D eigenvalue weighted by Gasteiger charge is 2.24. The second-order valence-electron chi connectivity index (χ2n) is 9.57. The topological polar surface area (TPSA) is 149 Å². The van der Waals surface area contributed by atoms with Crippen molar-refractivity contribution in [2.45, 2.75) is 58.5 Å². The second-order valence-corrected chi connectivity index (χ2v) is 9.57. The number of ether oxygens (including phenoxy) is 2. The van der Waals surface area contributed by atoms with Gasteiger partial charge in [0.15, 0.2) is 11.5 Å². The quantitative estimate of drug-likeness (QED) is 0.398. The first kappa shape index (κ1) is 27.3. The standard InChI is InChI=1S/C27H34N6O5/c1-17-7-9-21(10-8-17)38-27(36)32-13-11-20(12-14-32)5-4-6-23-30-25(28)24-26(31-23)33(16-29-24)19(3)37-22(15-34)18(2)35/h7-10,16,18-20,22,34-35H,5,11-15H2,1-3H3,(H2,28,30,31)/t18?,19-,22-/m1/s1. The summed E-state index contributed by atoms with van der Waals surface area (Å²) in [4.78, 5) is 27.3. The van der Waals surface area contributed by atoms with Crippen molar-refractivity contribution in [3.05, 3.63) is 42.0 Å². The van der Waals surface area contributed by atoms with Crippen molar-refractivity contribution in [2.24, 2.45) is 5.92 Å². The van der Waals surface area contributed by atoms with Crippen LogP contribution >= 0.6 is 0 Å². The zero-order valence-corrected chi connectivity index (χ0v) is 21.9. The van der Waals surface area contributed by atoms with Crippen LogP contribution < -0.4 is 10.5 Å². The Bertz CT molecular complexity index is 1310. The van der Waals surface area contributed by atoms with Crippen LogP contribution in [0.25, 0.3) is 11.2 Å². The maximum atomic E-state index is 12.5. The number of aliphatic hydroxyl groups is 2. The number of nitrogens with zero attached hydrogens (tertiary/aromatic N) is 5. The van der Waals surface area contributed by atoms with Crippen molar-refractivity contribution in [1.82, 2.24) is 24.4 Å². The molecule has 3 heterocycles. The first-order valence-electron chi connectivity index (χ1n) is 12.7. The highest BCUT2D eigenvalue weighted by molar-refractivity contribution is 5.82. The molecule has 0 saturated carbocycles. The molecule has 1 fully saturated rings. The number of anilines is 1. The number of hydrogen-bond donors (Lipinski definition) is 3. The number of aryl methyl sites for hydroxylation is 1. The van der Waals surface area contributed by atoms with Crippen LogP contribution in [0.3, 0.4) is 0 Å². The predicted octanol–water partition coefficient (Wildman–Crippen LogP) is 2.65. The third-order valence-electron chi connectivity index (χ3n) is 6.62. The van der Waals surface area contributed by atoms with Gasteiger partial charge in [0.25, 0.3) is 0 Å². The molecule has 2 aromatic heterocycles. The predicted molar refractivity (Wildman–Crippen MR) is 141 cm³/mol. The Balaban J connectivity index is 1.35. The van der Waals surface area contributed by atoms with E-state index in [4.69, 9.17) is 15.2 Å². The van der Waals surface area contributed by atoms with Crippen molar-refractivity contribution in [2.75, 3.05) is 25.4 Å². The zero-order chi connectivity index (χ0) is 27.2. The van der Waals surface area contributed by atoms with Gasteiger partial charge in [-0.05, 0) is 57.6 Å². The van der Waals surface area contributed by atoms with Gasteiger partial charge in [0.2, 0.25) is 5.82 Å². The van der Waals surface area contributed by atoms with E-state index in [0.29, 0.717) is 42.3 Å². The molecule has 0 aliphatic carbocycles. The van der Waals surface area contributed by atoms with Crippen LogP contribution in [0.2, 0.25) is 0 Å². The molecule has 0 radical (unpaired) electrons. The van der Waals surface area contributed by atoms with Crippen LogP contribution in [0.15, 0.2) is 30.6 Å². The molecule has 3 atom stereocenters. The first-order valence-corrected chi connectivity index (χ1v) is 12.7. The van der Waals surface area contributed by atoms with Crippen molar-refractivity contribution in [1.29, 1.82) is 0 Å². The molecular formula is C27H34N6O5. The lowest BCUT2D eigenvalue weighted by Crippen LogP contribution is -2.40. The molecule has 4 rings (SSSR count). The number of aliphatic hydroxyl groups excluding tert-OH is 2. The Morgan fingerprint density at radius 1 is 1.21 bits per heavy atom. The number of carbonyl (C=O) groups is 1. The number of hydrogen-bond acceptors (Lipinski definition) is 9. The Labute approximate surface area is 221 Å². The van der Waals surface area contributed by atoms with E-state index >= 15 is 0 Å². The molecule has 1 aliphatic rings. The van der Waals surface area contributed by atoms with Gasteiger partial charge in [-0.1, -0.05) is 23.6 Å². The third kappa shape index (κ3) is 6.58. The number of nitrogens with two attached hydrogens (primary N) is 1. The molecule has 1 unspecified atom stereocenters. The summed E-state index contributed by atoms with van der Waals surface area (Å²) in [5.74, 6) is 7.54. The summed E-state index contributed by atoms with van der Waals surface area (Å²) >= 11 is 0. The minimum atomic E-state index is -0.843. The fourth-order valence-electron chi connectivity index (χ4n) is 4.25. The number of nitrogen functional groups attached to an aromatic ring is 1. The van der Waals surface area contributed by atoms with Gasteiger partial charge in [0.1, 0.15) is 23.6 Å². The lowest BCUT2D eigenvalue weighted by atomic mass is 9.94. The van der Waals surface area contributed by atoms with Crippen LogP contribution in [0.4, 0.5) is 10.6 Å². The number of amides is 1. The van der Waals surface area contributed by atoms with Crippen LogP contribution in [0, 0.1) is 24.7 Å². The van der Waals surface area contributed by atoms with Crippen molar-refractivity contribution < 1.29 is 24.5 Å². The number of piperidine rings is 1. The van der Waals surface area contributed by atoms with Gasteiger partial charge in [0.05, 0.1) is 19.0 Å². The molecule has 1 saturated heterocycles. The van der Waals surface area contributed by atoms with E-state index in [-0.39, 0.29) is 24.3 Å². The van der Waals surface area contributed by atoms with Gasteiger partial charge in [-0.15, -0.1) is 0 Å². The summed E-state index contributed by atoms with van der Waals surface area (Å²) in [5.41, 5.74) is 8.09. The monoisotopic (exact) mass is 522 g/mol. The molecule has 38 heavy (non-hydrogen) atoms. The molecule has 0 spiro atoms. The lowest BCUT2D eigenvalue weighted by molar-refractivity contribution is -0.110. The summed E-state index contributed by atoms with van der Waals surface area (Å²) in [6.07, 6.45) is 1.35. The number of likely N-dealkylation sites (tertiary alicyclic amines) is 1. The Hall–Kier alpha value is -3.72. The smallest absolute Gasteiger partial charge is 0.410 e. The zero-order valence-electron chi connectivity index (χ0n) is 21.9. The third-order valence-corrected chi connectivity index (χ3v) is 6.62. The molecule has 0 bridgehead atoms. The van der Waals surface area contributed by atoms with E-state index in [0.717, 1.165) is 18.4 Å². The maximum Gasteiger partial charge on any atom is 0.415 e. The highest BCUT2D eigenvalue weighted by atomic mass is 16.6. The van der Waals surface area contributed by atoms with Gasteiger partial charge in [0, 0.05) is 19.5 Å². The Morgan fingerprint density at radius 3 is 2.58 bits per heavy atom. The minimum Gasteiger partial charge on any atom is -0.410 e. The van der Waals surface area contributed by atoms with Crippen LogP contribution in [0.1, 0.15) is 50.7 Å². The van der Waals surface area contributed by atoms with Crippen molar-refractivity contribution in [3.8, 4) is 17.6 Å². The summed E-state index contributed by atoms with van der Waals surface area (Å²) in [7, 11) is 0. The highest BCUT2D eigenvalue weighted by Crippen LogP contribution is 2.23. The molecule has 11 nitrogen and oxygen atoms in total. The van der Waals surface area contributed by atoms with Crippen LogP contribution in [0.5, 0.6) is 5.75 Å². The average Bonchev–Trinajstić information content (AvgIpc) is 3.33. The fourth-order valence-corrected chi connectivity index (χ4v) is 4.25. The number of aromatic nitrogens is 4. The van der Waals surface area contributed by atoms with Gasteiger partial charge >= 0.3 is 6.09 Å². The summed E-state index contributed by atoms with van der Waals surface area (Å²) in [5, 5.41) is 19.2. The Morgan fingerprint density at radius 2 is 1.92 bits per heavy atom. The first-order chi connectivity index (χ1) is 18.2. The van der Waals surface area contributed by atoms with Gasteiger partial charge in [-0.2, -0.15) is 0 Å². The number of rotatable bonds is 7. The normalized spacial score (nSPS) is 16.5. The lowest BCUT2D eigenvalue weighted by Gasteiger charge is -2.30. The van der Waals surface area contributed by atoms with E-state index in [2.05, 4.69) is 26.8 Å². The van der Waals surface area contributed by atoms with Crippen molar-refractivity contribution in [3.63, 3.8) is 0 Å². The van der Waals surface area contributed by atoms with E-state index in [1.165, 1.54) is 6.33 Å². The number of fused-ring (bicyclic) bond motifs is 1. The van der Waals surface area contributed by atoms with E-state index in [1.807, 2.05) is 19.1 Å². The van der Waals surface area contributed by atoms with Gasteiger partial charge in [-0.3, -0.25) is 4.57 Å². The van der Waals surface area contributed by atoms with Crippen molar-refractivity contribution >= 4 is 23.1 Å². The summed E-state index contributed by atoms with van der Waals surface area (Å²) < 4.78 is 12.9. The molecular weight excluding hydrogens is 488 g/mol. The maximum absolute atomic E-state index is 12.5. The summed E-state index contributed by atoms with van der Waals surface area (Å²) in [6, 6.07) is 7.41. The molecule has 1 amide bonds. The SMILES string of the molecule is Cc1ccc(OC(=O)N2CCC(CC#Cc3nc(N)c4ncn([C@@H](C)O[C@H](CO)C(C)O)c4n3)CC2)cc1. The summed E-state index contributed by atoms with van der Waals surface area (Å²) in [6.45, 7) is 6.20. The second kappa shape index (κ2) is 12.2. The number of benzene rings is 1. The van der Waals surface area contributed by atoms with Crippen LogP contribution in [-0.2, 0) is 4.74 Å². The fraction of sp³-hybridized carbons (Fsp3) is 0.481. The Kier molecular flexibility index (Phi) is 8.78. The molecule has 3 aromatic rings. The molecule has 1 aromatic carbocycles. The van der Waals surface area contributed by atoms with E-state index in [1.54, 1.807) is 35.4 Å². The minimum absolute atomic E-state index is 0.208. The molecule has 11 heteroatoms. The van der Waals surface area contributed by atoms with Gasteiger partial charge in [-0.25, -0.2) is 19.7 Å². The largest absolute Gasteiger partial charge is 0.415 e. The van der Waals surface area contributed by atoms with Gasteiger partial charge < -0.3 is 30.3 Å². The molecule has 202 valence electrons. The van der Waals surface area contributed by atoms with Crippen LogP contribution in [-0.4, -0.2) is 72.6 Å². The van der Waals surface area contributed by atoms with E-state index in [9.17, 15) is 15.0 Å². The molecule has 4 N–H and O–H groups in total. The number of carbonyl (C=O) groups excluding carboxylic acids is 1. The molecule has 1 aliphatic heterocycles. The number of imidazole rings is 1. The van der Waals surface area contributed by atoms with E-state index < -0.39 is 18.4 Å². The average molecular weight is 523 g/mol.